The number of nitrogens with zero attached hydrogens (tertiary/aromatic N) is 4. The van der Waals surface area contributed by atoms with Crippen LogP contribution in [0.25, 0.3) is 0 Å². The molecule has 0 aliphatic heterocycles. The van der Waals surface area contributed by atoms with Gasteiger partial charge < -0.3 is 14.4 Å². The lowest BCUT2D eigenvalue weighted by molar-refractivity contribution is -0.384. The molecule has 29 heavy (non-hydrogen) atoms. The van der Waals surface area contributed by atoms with Crippen LogP contribution in [-0.4, -0.2) is 38.2 Å². The Balaban J connectivity index is 2.00. The molecular weight excluding hydrogens is 376 g/mol. The van der Waals surface area contributed by atoms with Crippen molar-refractivity contribution in [1.29, 1.82) is 0 Å². The summed E-state index contributed by atoms with van der Waals surface area (Å²) in [5.74, 6) is -0.139. The summed E-state index contributed by atoms with van der Waals surface area (Å²) in [6.45, 7) is 5.92. The Kier molecular flexibility index (Phi) is 7.41. The molecule has 0 aliphatic rings. The molecular formula is C20H22N4O5. The van der Waals surface area contributed by atoms with E-state index < -0.39 is 10.9 Å². The quantitative estimate of drug-likeness (QED) is 0.201. The summed E-state index contributed by atoms with van der Waals surface area (Å²) in [6, 6.07) is 11.4. The molecule has 0 unspecified atom stereocenters. The van der Waals surface area contributed by atoms with E-state index in [-0.39, 0.29) is 18.0 Å². The number of non-ortho nitro benzene ring substituents is 1. The number of nitro benzene ring substituents is 1. The summed E-state index contributed by atoms with van der Waals surface area (Å²) < 4.78 is 10.2. The van der Waals surface area contributed by atoms with Gasteiger partial charge in [-0.15, -0.1) is 5.11 Å². The zero-order valence-electron chi connectivity index (χ0n) is 16.5. The lowest BCUT2D eigenvalue weighted by Crippen LogP contribution is -2.23. The molecule has 0 spiro atoms. The highest BCUT2D eigenvalue weighted by Crippen LogP contribution is 2.32. The van der Waals surface area contributed by atoms with Crippen molar-refractivity contribution in [1.82, 2.24) is 0 Å². The number of rotatable bonds is 9. The van der Waals surface area contributed by atoms with Crippen molar-refractivity contribution in [3.05, 3.63) is 64.7 Å². The van der Waals surface area contributed by atoms with Gasteiger partial charge in [0.05, 0.1) is 30.3 Å². The highest BCUT2D eigenvalue weighted by atomic mass is 16.6. The van der Waals surface area contributed by atoms with Gasteiger partial charge >= 0.3 is 5.97 Å². The smallest absolute Gasteiger partial charge is 0.333 e. The van der Waals surface area contributed by atoms with Crippen LogP contribution in [0.2, 0.25) is 0 Å². The van der Waals surface area contributed by atoms with E-state index in [0.717, 1.165) is 5.69 Å². The van der Waals surface area contributed by atoms with Crippen molar-refractivity contribution in [2.75, 3.05) is 32.2 Å². The number of carbonyl (C=O) groups is 1. The fourth-order valence-corrected chi connectivity index (χ4v) is 2.28. The first-order valence-electron chi connectivity index (χ1n) is 8.70. The summed E-state index contributed by atoms with van der Waals surface area (Å²) in [5.41, 5.74) is 2.20. The van der Waals surface area contributed by atoms with Gasteiger partial charge in [-0.3, -0.25) is 10.1 Å². The molecule has 0 heterocycles. The number of benzene rings is 2. The highest BCUT2D eigenvalue weighted by molar-refractivity contribution is 5.86. The van der Waals surface area contributed by atoms with E-state index in [1.807, 2.05) is 24.1 Å². The second-order valence-electron chi connectivity index (χ2n) is 6.17. The van der Waals surface area contributed by atoms with Gasteiger partial charge in [-0.25, -0.2) is 4.79 Å². The third-order valence-corrected chi connectivity index (χ3v) is 3.95. The molecule has 0 bridgehead atoms. The van der Waals surface area contributed by atoms with Gasteiger partial charge in [0.2, 0.25) is 0 Å². The summed E-state index contributed by atoms with van der Waals surface area (Å²) in [5, 5.41) is 19.1. The summed E-state index contributed by atoms with van der Waals surface area (Å²) >= 11 is 0. The fourth-order valence-electron chi connectivity index (χ4n) is 2.28. The second-order valence-corrected chi connectivity index (χ2v) is 6.17. The molecule has 0 N–H and O–H groups in total. The van der Waals surface area contributed by atoms with Crippen molar-refractivity contribution in [2.24, 2.45) is 10.2 Å². The van der Waals surface area contributed by atoms with Crippen LogP contribution in [0.1, 0.15) is 6.92 Å². The number of carbonyl (C=O) groups excluding carboxylic acids is 1. The maximum atomic E-state index is 11.4. The molecule has 0 aliphatic carbocycles. The summed E-state index contributed by atoms with van der Waals surface area (Å²) in [6.07, 6.45) is 0. The second kappa shape index (κ2) is 9.98. The maximum Gasteiger partial charge on any atom is 0.333 e. The molecule has 0 saturated heterocycles. The van der Waals surface area contributed by atoms with Crippen LogP contribution < -0.4 is 9.64 Å². The summed E-state index contributed by atoms with van der Waals surface area (Å²) in [4.78, 5) is 23.7. The molecule has 0 saturated carbocycles. The molecule has 2 aromatic rings. The van der Waals surface area contributed by atoms with E-state index in [0.29, 0.717) is 23.5 Å². The van der Waals surface area contributed by atoms with Gasteiger partial charge in [-0.2, -0.15) is 5.11 Å². The number of azo groups is 1. The van der Waals surface area contributed by atoms with Crippen molar-refractivity contribution in [3.8, 4) is 5.75 Å². The SMILES string of the molecule is C=C(C)C(=O)OCCN(C)c1ccc(N=Nc2ccc([N+](=O)[O-])cc2OC)cc1. The van der Waals surface area contributed by atoms with E-state index in [2.05, 4.69) is 16.8 Å². The third-order valence-electron chi connectivity index (χ3n) is 3.95. The Bertz CT molecular complexity index is 925. The number of anilines is 1. The standard InChI is InChI=1S/C20H22N4O5/c1-14(2)20(25)29-12-11-23(3)16-7-5-15(6-8-16)21-22-18-10-9-17(24(26)27)13-19(18)28-4/h5-10,13H,1,11-12H2,2-4H3. The number of methoxy groups -OCH3 is 1. The molecule has 0 aromatic heterocycles. The Hall–Kier alpha value is -3.75. The van der Waals surface area contributed by atoms with E-state index in [1.54, 1.807) is 19.1 Å². The molecule has 9 nitrogen and oxygen atoms in total. The minimum atomic E-state index is -0.502. The topological polar surface area (TPSA) is 107 Å². The number of hydrogen-bond acceptors (Lipinski definition) is 8. The molecule has 0 atom stereocenters. The van der Waals surface area contributed by atoms with E-state index >= 15 is 0 Å². The largest absolute Gasteiger partial charge is 0.494 e. The Morgan fingerprint density at radius 1 is 1.21 bits per heavy atom. The minimum Gasteiger partial charge on any atom is -0.494 e. The normalized spacial score (nSPS) is 10.6. The first-order chi connectivity index (χ1) is 13.8. The van der Waals surface area contributed by atoms with Crippen LogP contribution >= 0.6 is 0 Å². The highest BCUT2D eigenvalue weighted by Gasteiger charge is 2.11. The Morgan fingerprint density at radius 2 is 1.90 bits per heavy atom. The van der Waals surface area contributed by atoms with Crippen LogP contribution in [0, 0.1) is 10.1 Å². The van der Waals surface area contributed by atoms with E-state index in [1.165, 1.54) is 25.3 Å². The molecule has 9 heteroatoms. The number of ether oxygens (including phenoxy) is 2. The average Bonchev–Trinajstić information content (AvgIpc) is 2.72. The predicted molar refractivity (Wildman–Crippen MR) is 109 cm³/mol. The van der Waals surface area contributed by atoms with Crippen molar-refractivity contribution < 1.29 is 19.2 Å². The van der Waals surface area contributed by atoms with Crippen LogP contribution in [-0.2, 0) is 9.53 Å². The molecule has 0 fully saturated rings. The Morgan fingerprint density at radius 3 is 2.48 bits per heavy atom. The minimum absolute atomic E-state index is 0.0814. The van der Waals surface area contributed by atoms with E-state index in [4.69, 9.17) is 9.47 Å². The number of esters is 1. The fraction of sp³-hybridized carbons (Fsp3) is 0.250. The van der Waals surface area contributed by atoms with Crippen molar-refractivity contribution in [3.63, 3.8) is 0 Å². The van der Waals surface area contributed by atoms with Crippen LogP contribution in [0.3, 0.4) is 0 Å². The van der Waals surface area contributed by atoms with Gasteiger partial charge in [0.15, 0.2) is 5.75 Å². The molecule has 0 radical (unpaired) electrons. The van der Waals surface area contributed by atoms with Gasteiger partial charge in [0.25, 0.3) is 5.69 Å². The zero-order chi connectivity index (χ0) is 21.4. The maximum absolute atomic E-state index is 11.4. The average molecular weight is 398 g/mol. The summed E-state index contributed by atoms with van der Waals surface area (Å²) in [7, 11) is 3.29. The van der Waals surface area contributed by atoms with E-state index in [9.17, 15) is 14.9 Å². The molecule has 2 aromatic carbocycles. The van der Waals surface area contributed by atoms with Gasteiger partial charge in [0, 0.05) is 24.4 Å². The molecule has 152 valence electrons. The van der Waals surface area contributed by atoms with Gasteiger partial charge in [-0.05, 0) is 37.3 Å². The van der Waals surface area contributed by atoms with Crippen LogP contribution in [0.4, 0.5) is 22.7 Å². The van der Waals surface area contributed by atoms with Gasteiger partial charge in [-0.1, -0.05) is 6.58 Å². The number of hydrogen-bond donors (Lipinski definition) is 0. The van der Waals surface area contributed by atoms with Crippen LogP contribution in [0.15, 0.2) is 64.8 Å². The zero-order valence-corrected chi connectivity index (χ0v) is 16.5. The van der Waals surface area contributed by atoms with Crippen LogP contribution in [0.5, 0.6) is 5.75 Å². The molecule has 2 rings (SSSR count). The lowest BCUT2D eigenvalue weighted by atomic mass is 10.2. The Labute approximate surface area is 168 Å². The van der Waals surface area contributed by atoms with Crippen molar-refractivity contribution in [2.45, 2.75) is 6.92 Å². The monoisotopic (exact) mass is 398 g/mol. The first-order valence-corrected chi connectivity index (χ1v) is 8.70. The van der Waals surface area contributed by atoms with Crippen molar-refractivity contribution >= 4 is 28.7 Å². The number of nitro groups is 1. The first kappa shape index (κ1) is 21.5. The van der Waals surface area contributed by atoms with Gasteiger partial charge in [0.1, 0.15) is 12.3 Å². The number of likely N-dealkylation sites (N-methyl/N-ethyl adjacent to an activating group) is 1. The lowest BCUT2D eigenvalue weighted by Gasteiger charge is -2.19. The molecule has 0 amide bonds. The third kappa shape index (κ3) is 6.13. The predicted octanol–water partition coefficient (Wildman–Crippen LogP) is 4.57.